The molecule has 134 valence electrons. The van der Waals surface area contributed by atoms with E-state index in [0.29, 0.717) is 22.5 Å². The van der Waals surface area contributed by atoms with E-state index < -0.39 is 0 Å². The minimum atomic E-state index is 0.617. The summed E-state index contributed by atoms with van der Waals surface area (Å²) in [5, 5.41) is 2.22. The molecule has 2 aromatic carbocycles. The third-order valence-electron chi connectivity index (χ3n) is 3.93. The molecule has 0 atom stereocenters. The minimum Gasteiger partial charge on any atom is -0.493 e. The van der Waals surface area contributed by atoms with Crippen LogP contribution in [-0.2, 0) is 0 Å². The highest BCUT2D eigenvalue weighted by Gasteiger charge is 2.15. The topological polar surface area (TPSA) is 70.0 Å². The van der Waals surface area contributed by atoms with Gasteiger partial charge in [-0.2, -0.15) is 0 Å². The third kappa shape index (κ3) is 3.54. The van der Waals surface area contributed by atoms with Gasteiger partial charge >= 0.3 is 0 Å². The first-order chi connectivity index (χ1) is 13.3. The molecule has 0 aliphatic heterocycles. The van der Waals surface area contributed by atoms with Gasteiger partial charge in [0.25, 0.3) is 0 Å². The van der Waals surface area contributed by atoms with E-state index >= 15 is 0 Å². The van der Waals surface area contributed by atoms with Crippen molar-refractivity contribution in [2.24, 2.45) is 0 Å². The number of hydrogen-bond donors (Lipinski definition) is 0. The minimum absolute atomic E-state index is 0.617. The second-order valence-electron chi connectivity index (χ2n) is 5.58. The monoisotopic (exact) mass is 376 g/mol. The number of rotatable bonds is 5. The molecule has 0 saturated heterocycles. The molecule has 7 heteroatoms. The Morgan fingerprint density at radius 3 is 2.22 bits per heavy atom. The largest absolute Gasteiger partial charge is 0.493 e. The predicted molar refractivity (Wildman–Crippen MR) is 104 cm³/mol. The zero-order chi connectivity index (χ0) is 18.6. The lowest BCUT2D eigenvalue weighted by Crippen LogP contribution is -1.97. The van der Waals surface area contributed by atoms with Gasteiger partial charge in [-0.05, 0) is 23.9 Å². The lowest BCUT2D eigenvalue weighted by atomic mass is 10.2. The van der Waals surface area contributed by atoms with Gasteiger partial charge in [0, 0.05) is 29.4 Å². The summed E-state index contributed by atoms with van der Waals surface area (Å²) in [6.07, 6.45) is 3.42. The van der Waals surface area contributed by atoms with Crippen molar-refractivity contribution in [1.82, 2.24) is 19.9 Å². The molecule has 0 radical (unpaired) electrons. The number of aromatic nitrogens is 4. The van der Waals surface area contributed by atoms with Crippen molar-refractivity contribution in [3.8, 4) is 22.9 Å². The van der Waals surface area contributed by atoms with Gasteiger partial charge < -0.3 is 9.47 Å². The third-order valence-corrected chi connectivity index (χ3v) is 4.83. The Labute approximate surface area is 160 Å². The van der Waals surface area contributed by atoms with E-state index in [2.05, 4.69) is 9.97 Å². The molecule has 0 aliphatic rings. The number of fused-ring (bicyclic) bond motifs is 1. The summed E-state index contributed by atoms with van der Waals surface area (Å²) < 4.78 is 10.9. The normalized spacial score (nSPS) is 10.7. The Morgan fingerprint density at radius 1 is 0.815 bits per heavy atom. The number of ether oxygens (including phenoxy) is 2. The molecule has 0 aliphatic carbocycles. The molecule has 4 rings (SSSR count). The van der Waals surface area contributed by atoms with Crippen LogP contribution in [-0.4, -0.2) is 34.2 Å². The molecular weight excluding hydrogens is 360 g/mol. The Morgan fingerprint density at radius 2 is 1.52 bits per heavy atom. The molecule has 2 heterocycles. The number of methoxy groups -OCH3 is 2. The van der Waals surface area contributed by atoms with Crippen LogP contribution >= 0.6 is 11.8 Å². The van der Waals surface area contributed by atoms with Crippen LogP contribution in [0.4, 0.5) is 0 Å². The Balaban J connectivity index is 1.93. The zero-order valence-corrected chi connectivity index (χ0v) is 15.6. The fourth-order valence-corrected chi connectivity index (χ4v) is 3.45. The van der Waals surface area contributed by atoms with E-state index in [0.717, 1.165) is 21.5 Å². The predicted octanol–water partition coefficient (Wildman–Crippen LogP) is 4.26. The first kappa shape index (κ1) is 17.2. The van der Waals surface area contributed by atoms with Gasteiger partial charge in [0.05, 0.1) is 19.7 Å². The summed E-state index contributed by atoms with van der Waals surface area (Å²) in [6, 6.07) is 15.4. The van der Waals surface area contributed by atoms with Crippen molar-refractivity contribution in [2.45, 2.75) is 10.2 Å². The van der Waals surface area contributed by atoms with Gasteiger partial charge in [0.15, 0.2) is 22.5 Å². The van der Waals surface area contributed by atoms with E-state index in [1.54, 1.807) is 32.7 Å². The fraction of sp³-hybridized carbons (Fsp3) is 0.100. The lowest BCUT2D eigenvalue weighted by Gasteiger charge is -2.12. The van der Waals surface area contributed by atoms with Crippen molar-refractivity contribution in [2.75, 3.05) is 14.2 Å². The van der Waals surface area contributed by atoms with E-state index in [-0.39, 0.29) is 0 Å². The van der Waals surface area contributed by atoms with Gasteiger partial charge in [-0.3, -0.25) is 0 Å². The van der Waals surface area contributed by atoms with Crippen molar-refractivity contribution >= 4 is 22.7 Å². The van der Waals surface area contributed by atoms with Crippen LogP contribution in [0, 0.1) is 0 Å². The van der Waals surface area contributed by atoms with Gasteiger partial charge in [-0.25, -0.2) is 19.9 Å². The molecule has 0 bridgehead atoms. The molecule has 4 aromatic rings. The first-order valence-corrected chi connectivity index (χ1v) is 9.04. The van der Waals surface area contributed by atoms with Crippen LogP contribution in [0.1, 0.15) is 0 Å². The second kappa shape index (κ2) is 7.59. The molecule has 0 unspecified atom stereocenters. The molecule has 0 amide bonds. The maximum atomic E-state index is 5.44. The van der Waals surface area contributed by atoms with E-state index in [1.165, 1.54) is 11.8 Å². The maximum Gasteiger partial charge on any atom is 0.193 e. The average molecular weight is 376 g/mol. The van der Waals surface area contributed by atoms with E-state index in [1.807, 2.05) is 42.5 Å². The fourth-order valence-electron chi connectivity index (χ4n) is 2.65. The Hall–Kier alpha value is -3.19. The highest BCUT2D eigenvalue weighted by molar-refractivity contribution is 7.99. The Bertz CT molecular complexity index is 1080. The molecule has 2 aromatic heterocycles. The van der Waals surface area contributed by atoms with Crippen LogP contribution in [0.3, 0.4) is 0 Å². The van der Waals surface area contributed by atoms with Crippen LogP contribution < -0.4 is 9.47 Å². The SMILES string of the molecule is COc1cc2nc(-c3ccccc3)nc(Sc3ncccn3)c2cc1OC. The zero-order valence-electron chi connectivity index (χ0n) is 14.8. The second-order valence-corrected chi connectivity index (χ2v) is 6.53. The molecular formula is C20H16N4O2S. The summed E-state index contributed by atoms with van der Waals surface area (Å²) in [5.41, 5.74) is 1.70. The lowest BCUT2D eigenvalue weighted by molar-refractivity contribution is 0.355. The van der Waals surface area contributed by atoms with Gasteiger partial charge in [0.2, 0.25) is 0 Å². The Kier molecular flexibility index (Phi) is 4.84. The van der Waals surface area contributed by atoms with Crippen molar-refractivity contribution in [3.05, 3.63) is 60.9 Å². The summed E-state index contributed by atoms with van der Waals surface area (Å²) in [6.45, 7) is 0. The summed E-state index contributed by atoms with van der Waals surface area (Å²) in [4.78, 5) is 18.1. The van der Waals surface area contributed by atoms with Crippen LogP contribution in [0.15, 0.2) is 71.1 Å². The molecule has 0 saturated carbocycles. The molecule has 0 N–H and O–H groups in total. The van der Waals surface area contributed by atoms with E-state index in [4.69, 9.17) is 19.4 Å². The maximum absolute atomic E-state index is 5.44. The quantitative estimate of drug-likeness (QED) is 0.381. The van der Waals surface area contributed by atoms with Gasteiger partial charge in [-0.15, -0.1) is 0 Å². The number of benzene rings is 2. The van der Waals surface area contributed by atoms with Crippen molar-refractivity contribution in [3.63, 3.8) is 0 Å². The summed E-state index contributed by atoms with van der Waals surface area (Å²) in [7, 11) is 3.21. The van der Waals surface area contributed by atoms with Crippen LogP contribution in [0.2, 0.25) is 0 Å². The summed E-state index contributed by atoms with van der Waals surface area (Å²) >= 11 is 1.39. The summed E-state index contributed by atoms with van der Waals surface area (Å²) in [5.74, 6) is 1.88. The molecule has 6 nitrogen and oxygen atoms in total. The molecule has 0 spiro atoms. The van der Waals surface area contributed by atoms with E-state index in [9.17, 15) is 0 Å². The highest BCUT2D eigenvalue weighted by atomic mass is 32.2. The number of hydrogen-bond acceptors (Lipinski definition) is 7. The van der Waals surface area contributed by atoms with Crippen molar-refractivity contribution < 1.29 is 9.47 Å². The standard InChI is InChI=1S/C20H16N4O2S/c1-25-16-11-14-15(12-17(16)26-2)23-18(13-7-4-3-5-8-13)24-19(14)27-20-21-9-6-10-22-20/h3-12H,1-2H3. The molecule has 27 heavy (non-hydrogen) atoms. The molecule has 0 fully saturated rings. The highest BCUT2D eigenvalue weighted by Crippen LogP contribution is 2.37. The first-order valence-electron chi connectivity index (χ1n) is 8.22. The average Bonchev–Trinajstić information content (AvgIpc) is 2.74. The van der Waals surface area contributed by atoms with Crippen LogP contribution in [0.5, 0.6) is 11.5 Å². The van der Waals surface area contributed by atoms with Gasteiger partial charge in [0.1, 0.15) is 5.03 Å². The van der Waals surface area contributed by atoms with Crippen molar-refractivity contribution in [1.29, 1.82) is 0 Å². The van der Waals surface area contributed by atoms with Gasteiger partial charge in [-0.1, -0.05) is 30.3 Å². The van der Waals surface area contributed by atoms with Crippen LogP contribution in [0.25, 0.3) is 22.3 Å². The smallest absolute Gasteiger partial charge is 0.193 e. The number of nitrogens with zero attached hydrogens (tertiary/aromatic N) is 4.